The van der Waals surface area contributed by atoms with Crippen LogP contribution in [0, 0.1) is 0 Å². The van der Waals surface area contributed by atoms with Gasteiger partial charge in [0, 0.05) is 0 Å². The van der Waals surface area contributed by atoms with Crippen LogP contribution in [0.2, 0.25) is 0 Å². The third-order valence-corrected chi connectivity index (χ3v) is 0. The van der Waals surface area contributed by atoms with E-state index in [1.165, 1.54) is 0 Å². The lowest BCUT2D eigenvalue weighted by atomic mass is 11.5. The van der Waals surface area contributed by atoms with Crippen LogP contribution in [0.1, 0.15) is 0 Å². The first-order valence-corrected chi connectivity index (χ1v) is 6.22. The van der Waals surface area contributed by atoms with Crippen molar-refractivity contribution < 1.29 is 9.79 Å². The highest BCUT2D eigenvalue weighted by Crippen LogP contribution is 2.39. The Hall–Kier alpha value is 1.16. The summed E-state index contributed by atoms with van der Waals surface area (Å²) in [5, 5.41) is 0. The van der Waals surface area contributed by atoms with Gasteiger partial charge in [-0.15, -0.1) is 12.6 Å². The van der Waals surface area contributed by atoms with Crippen molar-refractivity contribution in [3.05, 3.63) is 0 Å². The SMILES string of the molecule is NC(=S)S.OP(O)(=S)S. The summed E-state index contributed by atoms with van der Waals surface area (Å²) in [7, 11) is 0. The zero-order valence-corrected chi connectivity index (χ0v) is 8.45. The quantitative estimate of drug-likeness (QED) is 0.232. The molecule has 0 aromatic carbocycles. The van der Waals surface area contributed by atoms with E-state index in [2.05, 4.69) is 48.9 Å². The van der Waals surface area contributed by atoms with Gasteiger partial charge in [-0.05, 0) is 11.8 Å². The van der Waals surface area contributed by atoms with Gasteiger partial charge in [0.25, 0.3) is 0 Å². The number of thiocarbonyl (C=S) groups is 1. The number of nitrogens with two attached hydrogens (primary N) is 1. The van der Waals surface area contributed by atoms with Gasteiger partial charge in [-0.2, -0.15) is 0 Å². The van der Waals surface area contributed by atoms with Gasteiger partial charge in [0.15, 0.2) is 0 Å². The molecule has 9 heavy (non-hydrogen) atoms. The van der Waals surface area contributed by atoms with E-state index in [0.717, 1.165) is 0 Å². The van der Waals surface area contributed by atoms with Crippen LogP contribution in [-0.4, -0.2) is 14.1 Å². The van der Waals surface area contributed by atoms with E-state index in [9.17, 15) is 0 Å². The lowest BCUT2D eigenvalue weighted by Gasteiger charge is -1.88. The van der Waals surface area contributed by atoms with Crippen molar-refractivity contribution in [3.63, 3.8) is 0 Å². The minimum absolute atomic E-state index is 0.194. The van der Waals surface area contributed by atoms with E-state index in [4.69, 9.17) is 15.5 Å². The van der Waals surface area contributed by atoms with E-state index >= 15 is 0 Å². The summed E-state index contributed by atoms with van der Waals surface area (Å²) in [5.41, 5.74) is 1.60. The summed E-state index contributed by atoms with van der Waals surface area (Å²) in [6.45, 7) is 0. The monoisotopic (exact) mass is 223 g/mol. The second-order valence-electron chi connectivity index (χ2n) is 0.852. The molecule has 0 aliphatic heterocycles. The second-order valence-corrected chi connectivity index (χ2v) is 7.11. The third-order valence-electron chi connectivity index (χ3n) is 0. The predicted octanol–water partition coefficient (Wildman–Crippen LogP) is 0.285. The van der Waals surface area contributed by atoms with Crippen LogP contribution in [0.25, 0.3) is 0 Å². The van der Waals surface area contributed by atoms with Crippen molar-refractivity contribution in [2.75, 3.05) is 0 Å². The van der Waals surface area contributed by atoms with Gasteiger partial charge in [-0.1, -0.05) is 24.5 Å². The number of hydrogen-bond donors (Lipinski definition) is 5. The summed E-state index contributed by atoms with van der Waals surface area (Å²) >= 11 is 14.7. The lowest BCUT2D eigenvalue weighted by molar-refractivity contribution is 0.503. The van der Waals surface area contributed by atoms with Crippen LogP contribution in [0.15, 0.2) is 0 Å². The largest absolute Gasteiger partial charge is 0.385 e. The highest BCUT2D eigenvalue weighted by atomic mass is 32.9. The Bertz CT molecular complexity index is 118. The van der Waals surface area contributed by atoms with Gasteiger partial charge >= 0.3 is 0 Å². The first-order valence-electron chi connectivity index (χ1n) is 1.50. The molecule has 0 aromatic heterocycles. The fourth-order valence-electron chi connectivity index (χ4n) is 0. The highest BCUT2D eigenvalue weighted by Gasteiger charge is 1.90. The first kappa shape index (κ1) is 12.8. The molecule has 0 fully saturated rings. The summed E-state index contributed by atoms with van der Waals surface area (Å²) in [6.07, 6.45) is 0. The maximum absolute atomic E-state index is 7.87. The molecule has 0 atom stereocenters. The Kier molecular flexibility index (Phi) is 8.41. The molecule has 0 aliphatic carbocycles. The molecular formula is CH6NO2PS4. The first-order chi connectivity index (χ1) is 3.73. The zero-order chi connectivity index (χ0) is 8.08. The van der Waals surface area contributed by atoms with Crippen LogP contribution in [0.5, 0.6) is 0 Å². The van der Waals surface area contributed by atoms with Gasteiger partial charge in [0.05, 0.1) is 0 Å². The molecule has 0 radical (unpaired) electrons. The molecule has 56 valence electrons. The molecule has 0 heterocycles. The third kappa shape index (κ3) is 349. The maximum Gasteiger partial charge on any atom is 0.239 e. The molecule has 0 saturated carbocycles. The molecule has 0 amide bonds. The van der Waals surface area contributed by atoms with Crippen LogP contribution in [-0.2, 0) is 11.8 Å². The minimum atomic E-state index is -3.11. The Morgan fingerprint density at radius 2 is 1.56 bits per heavy atom. The maximum atomic E-state index is 7.87. The smallest absolute Gasteiger partial charge is 0.239 e. The normalized spacial score (nSPS) is 9.33. The molecule has 0 saturated heterocycles. The molecule has 0 aliphatic rings. The highest BCUT2D eigenvalue weighted by molar-refractivity contribution is 8.59. The van der Waals surface area contributed by atoms with E-state index in [0.29, 0.717) is 0 Å². The van der Waals surface area contributed by atoms with Crippen LogP contribution < -0.4 is 5.73 Å². The van der Waals surface area contributed by atoms with Crippen molar-refractivity contribution in [2.24, 2.45) is 5.73 Å². The minimum Gasteiger partial charge on any atom is -0.385 e. The number of thiol groups is 2. The molecule has 0 unspecified atom stereocenters. The Balaban J connectivity index is 0. The van der Waals surface area contributed by atoms with Crippen molar-refractivity contribution in [3.8, 4) is 0 Å². The standard InChI is InChI=1S/CH3NS2.H3O2PS2/c2-1(3)4;1-3(2,4)5/h(H3,2,3,4);(H3,1,2,4,5). The van der Waals surface area contributed by atoms with E-state index in [-0.39, 0.29) is 4.32 Å². The summed E-state index contributed by atoms with van der Waals surface area (Å²) in [6, 6.07) is 0. The van der Waals surface area contributed by atoms with Gasteiger partial charge in [0.1, 0.15) is 4.32 Å². The van der Waals surface area contributed by atoms with Crippen LogP contribution in [0.4, 0.5) is 0 Å². The van der Waals surface area contributed by atoms with Crippen LogP contribution >= 0.6 is 42.8 Å². The van der Waals surface area contributed by atoms with E-state index in [1.54, 1.807) is 0 Å². The van der Waals surface area contributed by atoms with Crippen molar-refractivity contribution in [1.29, 1.82) is 0 Å². The van der Waals surface area contributed by atoms with Crippen molar-refractivity contribution >= 4 is 58.9 Å². The number of rotatable bonds is 0. The number of hydrogen-bond acceptors (Lipinski definition) is 2. The molecule has 0 bridgehead atoms. The molecule has 8 heteroatoms. The molecular weight excluding hydrogens is 217 g/mol. The molecule has 3 nitrogen and oxygen atoms in total. The van der Waals surface area contributed by atoms with Gasteiger partial charge < -0.3 is 15.5 Å². The van der Waals surface area contributed by atoms with Gasteiger partial charge in [0.2, 0.25) is 5.69 Å². The Morgan fingerprint density at radius 3 is 1.56 bits per heavy atom. The Morgan fingerprint density at radius 1 is 1.56 bits per heavy atom. The summed E-state index contributed by atoms with van der Waals surface area (Å²) in [5.74, 6) is 0. The Labute approximate surface area is 74.4 Å². The van der Waals surface area contributed by atoms with Crippen LogP contribution in [0.3, 0.4) is 0 Å². The summed E-state index contributed by atoms with van der Waals surface area (Å²) in [4.78, 5) is 15.7. The topological polar surface area (TPSA) is 66.5 Å². The van der Waals surface area contributed by atoms with Gasteiger partial charge in [-0.3, -0.25) is 0 Å². The molecule has 0 spiro atoms. The van der Waals surface area contributed by atoms with Gasteiger partial charge in [-0.25, -0.2) is 0 Å². The summed E-state index contributed by atoms with van der Waals surface area (Å²) < 4.78 is 0.194. The van der Waals surface area contributed by atoms with E-state index < -0.39 is 5.69 Å². The second kappa shape index (κ2) is 5.91. The fourth-order valence-corrected chi connectivity index (χ4v) is 0. The predicted molar refractivity (Wildman–Crippen MR) is 53.5 cm³/mol. The average molecular weight is 223 g/mol. The molecule has 0 rings (SSSR count). The van der Waals surface area contributed by atoms with E-state index in [1.807, 2.05) is 0 Å². The fraction of sp³-hybridized carbons (Fsp3) is 0. The molecule has 0 aromatic rings. The lowest BCUT2D eigenvalue weighted by Crippen LogP contribution is -1.94. The zero-order valence-electron chi connectivity index (χ0n) is 4.13. The van der Waals surface area contributed by atoms with Crippen molar-refractivity contribution in [2.45, 2.75) is 0 Å². The van der Waals surface area contributed by atoms with Crippen molar-refractivity contribution in [1.82, 2.24) is 0 Å². The average Bonchev–Trinajstić information content (AvgIpc) is 1.19. The molecule has 4 N–H and O–H groups in total.